The predicted molar refractivity (Wildman–Crippen MR) is 88.9 cm³/mol. The van der Waals surface area contributed by atoms with Gasteiger partial charge in [-0.3, -0.25) is 9.32 Å². The maximum Gasteiger partial charge on any atom is 0.442 e. The Hall–Kier alpha value is -2.87. The highest BCUT2D eigenvalue weighted by atomic mass is 32.1. The van der Waals surface area contributed by atoms with E-state index in [4.69, 9.17) is 4.74 Å². The van der Waals surface area contributed by atoms with Gasteiger partial charge in [-0.2, -0.15) is 0 Å². The number of carbonyl (C=O) groups is 1. The minimum atomic E-state index is -0.657. The first-order chi connectivity index (χ1) is 11.7. The first-order valence-corrected chi connectivity index (χ1v) is 8.05. The molecule has 0 aliphatic carbocycles. The van der Waals surface area contributed by atoms with Crippen LogP contribution in [0.5, 0.6) is 5.75 Å². The number of carbonyl (C=O) groups excluding carboxylic acids is 1. The molecule has 0 unspecified atom stereocenters. The number of benzene rings is 1. The molecule has 0 aliphatic rings. The average Bonchev–Trinajstić information content (AvgIpc) is 3.24. The van der Waals surface area contributed by atoms with Gasteiger partial charge in [-0.15, -0.1) is 11.3 Å². The molecule has 0 saturated carbocycles. The number of nitrogens with one attached hydrogen (secondary N) is 1. The highest BCUT2D eigenvalue weighted by molar-refractivity contribution is 7.13. The third-order valence-electron chi connectivity index (χ3n) is 3.35. The Balaban J connectivity index is 1.67. The Kier molecular flexibility index (Phi) is 4.76. The number of methoxy groups -OCH3 is 1. The summed E-state index contributed by atoms with van der Waals surface area (Å²) in [5.41, 5.74) is 0.902. The Morgan fingerprint density at radius 3 is 3.00 bits per heavy atom. The molecule has 8 heteroatoms. The van der Waals surface area contributed by atoms with E-state index in [0.29, 0.717) is 12.4 Å². The standard InChI is InChI=1S/C16H15N3O4S/c1-22-12-5-2-4-11(8-12)9-17-14(20)10-19-15(18-23-16(19)21)13-6-3-7-24-13/h2-8H,9-10H2,1H3,(H,17,20). The van der Waals surface area contributed by atoms with E-state index >= 15 is 0 Å². The van der Waals surface area contributed by atoms with Crippen molar-refractivity contribution in [2.24, 2.45) is 0 Å². The molecule has 0 radical (unpaired) electrons. The van der Waals surface area contributed by atoms with Crippen molar-refractivity contribution >= 4 is 17.2 Å². The van der Waals surface area contributed by atoms with Gasteiger partial charge in [0.15, 0.2) is 5.82 Å². The average molecular weight is 345 g/mol. The fourth-order valence-electron chi connectivity index (χ4n) is 2.17. The highest BCUT2D eigenvalue weighted by Gasteiger charge is 2.16. The lowest BCUT2D eigenvalue weighted by Crippen LogP contribution is -2.30. The van der Waals surface area contributed by atoms with E-state index in [2.05, 4.69) is 15.0 Å². The van der Waals surface area contributed by atoms with Gasteiger partial charge < -0.3 is 10.1 Å². The highest BCUT2D eigenvalue weighted by Crippen LogP contribution is 2.21. The molecule has 124 valence electrons. The maximum absolute atomic E-state index is 12.1. The van der Waals surface area contributed by atoms with Crippen LogP contribution in [-0.2, 0) is 17.9 Å². The molecule has 0 aliphatic heterocycles. The molecule has 3 aromatic rings. The smallest absolute Gasteiger partial charge is 0.442 e. The van der Waals surface area contributed by atoms with Crippen LogP contribution in [0.25, 0.3) is 10.7 Å². The van der Waals surface area contributed by atoms with Gasteiger partial charge in [0.05, 0.1) is 12.0 Å². The third kappa shape index (κ3) is 3.54. The van der Waals surface area contributed by atoms with E-state index < -0.39 is 5.76 Å². The predicted octanol–water partition coefficient (Wildman–Crippen LogP) is 1.89. The van der Waals surface area contributed by atoms with Crippen LogP contribution in [0.15, 0.2) is 51.1 Å². The number of hydrogen-bond acceptors (Lipinski definition) is 6. The molecule has 2 heterocycles. The fourth-order valence-corrected chi connectivity index (χ4v) is 2.89. The fraction of sp³-hybridized carbons (Fsp3) is 0.188. The van der Waals surface area contributed by atoms with Crippen LogP contribution in [0.3, 0.4) is 0 Å². The molecule has 1 aromatic carbocycles. The molecule has 0 atom stereocenters. The normalized spacial score (nSPS) is 10.5. The molecule has 1 amide bonds. The van der Waals surface area contributed by atoms with Crippen molar-refractivity contribution in [1.82, 2.24) is 15.0 Å². The Morgan fingerprint density at radius 1 is 1.38 bits per heavy atom. The molecule has 0 spiro atoms. The minimum absolute atomic E-state index is 0.153. The van der Waals surface area contributed by atoms with Crippen LogP contribution < -0.4 is 15.8 Å². The van der Waals surface area contributed by atoms with Crippen molar-refractivity contribution in [3.05, 3.63) is 57.9 Å². The van der Waals surface area contributed by atoms with Gasteiger partial charge in [0.25, 0.3) is 0 Å². The van der Waals surface area contributed by atoms with Gasteiger partial charge in [0.2, 0.25) is 5.91 Å². The largest absolute Gasteiger partial charge is 0.497 e. The molecule has 0 fully saturated rings. The van der Waals surface area contributed by atoms with Crippen molar-refractivity contribution in [2.75, 3.05) is 7.11 Å². The van der Waals surface area contributed by atoms with Crippen LogP contribution in [-0.4, -0.2) is 22.7 Å². The summed E-state index contributed by atoms with van der Waals surface area (Å²) in [5, 5.41) is 8.37. The van der Waals surface area contributed by atoms with Crippen LogP contribution in [0.2, 0.25) is 0 Å². The number of ether oxygens (including phenoxy) is 1. The quantitative estimate of drug-likeness (QED) is 0.737. The second-order valence-corrected chi connectivity index (χ2v) is 5.91. The van der Waals surface area contributed by atoms with Gasteiger partial charge >= 0.3 is 5.76 Å². The van der Waals surface area contributed by atoms with Crippen LogP contribution in [0, 0.1) is 0 Å². The van der Waals surface area contributed by atoms with E-state index in [0.717, 1.165) is 16.2 Å². The van der Waals surface area contributed by atoms with Crippen molar-refractivity contribution in [2.45, 2.75) is 13.1 Å². The van der Waals surface area contributed by atoms with Gasteiger partial charge in [0.1, 0.15) is 12.3 Å². The third-order valence-corrected chi connectivity index (χ3v) is 4.22. The summed E-state index contributed by atoms with van der Waals surface area (Å²) in [6.45, 7) is 0.184. The second-order valence-electron chi connectivity index (χ2n) is 4.96. The summed E-state index contributed by atoms with van der Waals surface area (Å²) < 4.78 is 11.0. The first kappa shape index (κ1) is 16.0. The molecule has 1 N–H and O–H groups in total. The Morgan fingerprint density at radius 2 is 2.25 bits per heavy atom. The summed E-state index contributed by atoms with van der Waals surface area (Å²) in [7, 11) is 1.59. The van der Waals surface area contributed by atoms with E-state index in [1.807, 2.05) is 41.8 Å². The summed E-state index contributed by atoms with van der Waals surface area (Å²) in [5.74, 6) is 0.111. The zero-order valence-electron chi connectivity index (χ0n) is 12.9. The summed E-state index contributed by atoms with van der Waals surface area (Å²) in [4.78, 5) is 24.7. The number of amides is 1. The lowest BCUT2D eigenvalue weighted by molar-refractivity contribution is -0.121. The molecule has 3 rings (SSSR count). The number of aromatic nitrogens is 2. The number of hydrogen-bond donors (Lipinski definition) is 1. The van der Waals surface area contributed by atoms with Crippen molar-refractivity contribution in [3.63, 3.8) is 0 Å². The van der Waals surface area contributed by atoms with Gasteiger partial charge in [-0.05, 0) is 29.1 Å². The topological polar surface area (TPSA) is 86.4 Å². The van der Waals surface area contributed by atoms with Crippen molar-refractivity contribution in [3.8, 4) is 16.5 Å². The number of nitrogens with zero attached hydrogens (tertiary/aromatic N) is 2. The van der Waals surface area contributed by atoms with Crippen LogP contribution >= 0.6 is 11.3 Å². The molecule has 7 nitrogen and oxygen atoms in total. The summed E-state index contributed by atoms with van der Waals surface area (Å²) >= 11 is 1.42. The Labute approximate surface area is 141 Å². The van der Waals surface area contributed by atoms with Gasteiger partial charge in [-0.25, -0.2) is 9.36 Å². The van der Waals surface area contributed by atoms with Gasteiger partial charge in [0, 0.05) is 6.54 Å². The van der Waals surface area contributed by atoms with E-state index in [9.17, 15) is 9.59 Å². The summed E-state index contributed by atoms with van der Waals surface area (Å²) in [6, 6.07) is 11.0. The molecular weight excluding hydrogens is 330 g/mol. The van der Waals surface area contributed by atoms with E-state index in [-0.39, 0.29) is 12.5 Å². The van der Waals surface area contributed by atoms with Gasteiger partial charge in [-0.1, -0.05) is 23.4 Å². The Bertz CT molecular complexity index is 883. The van der Waals surface area contributed by atoms with E-state index in [1.165, 1.54) is 15.9 Å². The zero-order valence-corrected chi connectivity index (χ0v) is 13.7. The number of rotatable bonds is 6. The number of thiophene rings is 1. The molecule has 2 aromatic heterocycles. The van der Waals surface area contributed by atoms with Crippen molar-refractivity contribution in [1.29, 1.82) is 0 Å². The molecule has 24 heavy (non-hydrogen) atoms. The molecular formula is C16H15N3O4S. The zero-order chi connectivity index (χ0) is 16.9. The monoisotopic (exact) mass is 345 g/mol. The maximum atomic E-state index is 12.1. The SMILES string of the molecule is COc1cccc(CNC(=O)Cn2c(-c3cccs3)noc2=O)c1. The second kappa shape index (κ2) is 7.14. The van der Waals surface area contributed by atoms with E-state index in [1.54, 1.807) is 7.11 Å². The first-order valence-electron chi connectivity index (χ1n) is 7.17. The van der Waals surface area contributed by atoms with Crippen molar-refractivity contribution < 1.29 is 14.1 Å². The van der Waals surface area contributed by atoms with Crippen LogP contribution in [0.4, 0.5) is 0 Å². The molecule has 0 bridgehead atoms. The van der Waals surface area contributed by atoms with Crippen LogP contribution in [0.1, 0.15) is 5.56 Å². The molecule has 0 saturated heterocycles. The minimum Gasteiger partial charge on any atom is -0.497 e. The lowest BCUT2D eigenvalue weighted by atomic mass is 10.2. The summed E-state index contributed by atoms with van der Waals surface area (Å²) in [6.07, 6.45) is 0. The lowest BCUT2D eigenvalue weighted by Gasteiger charge is -2.07.